The van der Waals surface area contributed by atoms with Gasteiger partial charge in [0, 0.05) is 72.3 Å². The molecule has 4 aromatic rings. The van der Waals surface area contributed by atoms with Crippen LogP contribution in [-0.4, -0.2) is 51.5 Å². The molecule has 0 aromatic carbocycles. The normalized spacial score (nSPS) is 19.8. The Labute approximate surface area is 233 Å². The average Bonchev–Trinajstić information content (AvgIpc) is 3.60. The lowest BCUT2D eigenvalue weighted by Crippen LogP contribution is -2.50. The van der Waals surface area contributed by atoms with Gasteiger partial charge in [0.15, 0.2) is 5.65 Å². The van der Waals surface area contributed by atoms with Crippen molar-refractivity contribution in [2.75, 3.05) is 23.7 Å². The molecule has 0 unspecified atom stereocenters. The van der Waals surface area contributed by atoms with Gasteiger partial charge in [-0.2, -0.15) is 5.10 Å². The average molecular weight is 572 g/mol. The number of hydrogen-bond donors (Lipinski definition) is 2. The highest BCUT2D eigenvalue weighted by molar-refractivity contribution is 7.99. The number of rotatable bonds is 5. The molecule has 1 fully saturated rings. The molecule has 2 atom stereocenters. The van der Waals surface area contributed by atoms with Crippen LogP contribution in [0, 0.1) is 5.41 Å². The summed E-state index contributed by atoms with van der Waals surface area (Å²) in [6.45, 7) is 8.47. The van der Waals surface area contributed by atoms with Crippen LogP contribution in [0.3, 0.4) is 0 Å². The lowest BCUT2D eigenvalue weighted by molar-refractivity contribution is 0.160. The van der Waals surface area contributed by atoms with Crippen LogP contribution in [0.4, 0.5) is 11.8 Å². The van der Waals surface area contributed by atoms with Crippen LogP contribution in [0.1, 0.15) is 45.3 Å². The SMILES string of the molecule is CC(C)(C)[S@@+]([O-])N[C@@H]1c2ccnn2CC12CCN(c1ncc(Sc3ccnc(N)c3Cl)c3nccn13)CC2. The summed E-state index contributed by atoms with van der Waals surface area (Å²) in [4.78, 5) is 17.5. The van der Waals surface area contributed by atoms with E-state index < -0.39 is 11.4 Å². The van der Waals surface area contributed by atoms with Gasteiger partial charge in [0.2, 0.25) is 5.95 Å². The topological polar surface area (TPSA) is 125 Å². The molecule has 1 spiro atoms. The quantitative estimate of drug-likeness (QED) is 0.340. The molecule has 6 rings (SSSR count). The maximum absolute atomic E-state index is 13.1. The summed E-state index contributed by atoms with van der Waals surface area (Å²) in [6, 6.07) is 3.88. The number of nitrogens with one attached hydrogen (secondary N) is 1. The third kappa shape index (κ3) is 4.41. The lowest BCUT2D eigenvalue weighted by Gasteiger charge is -2.43. The highest BCUT2D eigenvalue weighted by Crippen LogP contribution is 2.50. The van der Waals surface area contributed by atoms with Crippen LogP contribution in [0.25, 0.3) is 5.65 Å². The smallest absolute Gasteiger partial charge is 0.211 e. The second-order valence-electron chi connectivity index (χ2n) is 10.8. The molecular weight excluding hydrogens is 542 g/mol. The number of aromatic nitrogens is 6. The molecule has 38 heavy (non-hydrogen) atoms. The van der Waals surface area contributed by atoms with E-state index in [1.165, 1.54) is 11.8 Å². The third-order valence-corrected chi connectivity index (χ3v) is 10.6. The first-order valence-electron chi connectivity index (χ1n) is 12.5. The second-order valence-corrected chi connectivity index (χ2v) is 14.3. The molecular formula is C25H30ClN9OS2. The molecule has 1 saturated heterocycles. The largest absolute Gasteiger partial charge is 0.598 e. The predicted molar refractivity (Wildman–Crippen MR) is 151 cm³/mol. The number of hydrogen-bond acceptors (Lipinski definition) is 9. The van der Waals surface area contributed by atoms with E-state index in [9.17, 15) is 4.55 Å². The molecule has 6 heterocycles. The van der Waals surface area contributed by atoms with Crippen LogP contribution in [-0.2, 0) is 17.9 Å². The lowest BCUT2D eigenvalue weighted by atomic mass is 9.73. The minimum absolute atomic E-state index is 0.00949. The molecule has 3 N–H and O–H groups in total. The van der Waals surface area contributed by atoms with Crippen LogP contribution in [0.5, 0.6) is 0 Å². The Bertz CT molecular complexity index is 1480. The number of nitrogens with zero attached hydrogens (tertiary/aromatic N) is 7. The number of pyridine rings is 1. The van der Waals surface area contributed by atoms with E-state index in [1.807, 2.05) is 55.9 Å². The van der Waals surface area contributed by atoms with Crippen molar-refractivity contribution in [1.29, 1.82) is 0 Å². The van der Waals surface area contributed by atoms with E-state index in [0.717, 1.165) is 59.6 Å². The van der Waals surface area contributed by atoms with Crippen LogP contribution in [0.15, 0.2) is 52.9 Å². The number of piperidine rings is 1. The van der Waals surface area contributed by atoms with Gasteiger partial charge in [0.1, 0.15) is 16.6 Å². The molecule has 0 aliphatic carbocycles. The summed E-state index contributed by atoms with van der Waals surface area (Å²) in [5.41, 5.74) is 7.76. The zero-order valence-corrected chi connectivity index (χ0v) is 23.9. The highest BCUT2D eigenvalue weighted by atomic mass is 35.5. The summed E-state index contributed by atoms with van der Waals surface area (Å²) in [7, 11) is 0. The van der Waals surface area contributed by atoms with Gasteiger partial charge in [0.05, 0.1) is 15.6 Å². The summed E-state index contributed by atoms with van der Waals surface area (Å²) >= 11 is 6.67. The maximum atomic E-state index is 13.1. The number of nitrogen functional groups attached to an aromatic ring is 1. The fourth-order valence-corrected chi connectivity index (χ4v) is 7.39. The molecule has 10 nitrogen and oxygen atoms in total. The Morgan fingerprint density at radius 2 is 1.92 bits per heavy atom. The highest BCUT2D eigenvalue weighted by Gasteiger charge is 2.51. The first kappa shape index (κ1) is 25.8. The van der Waals surface area contributed by atoms with Crippen molar-refractivity contribution in [3.05, 3.63) is 53.8 Å². The predicted octanol–water partition coefficient (Wildman–Crippen LogP) is 4.10. The number of imidazole rings is 1. The Kier molecular flexibility index (Phi) is 6.50. The molecule has 0 saturated carbocycles. The van der Waals surface area contributed by atoms with E-state index in [-0.39, 0.29) is 16.2 Å². The van der Waals surface area contributed by atoms with Gasteiger partial charge >= 0.3 is 0 Å². The maximum Gasteiger partial charge on any atom is 0.211 e. The fourth-order valence-electron chi connectivity index (χ4n) is 5.32. The minimum atomic E-state index is -1.18. The number of anilines is 2. The van der Waals surface area contributed by atoms with Gasteiger partial charge in [-0.15, -0.1) is 4.72 Å². The standard InChI is InChI=1S/C25H30ClN9OS2/c1-24(2,3)38(36)32-20-16-4-9-31-35(16)15-25(20)6-11-33(12-7-25)23-30-14-18(22-29-10-13-34(22)23)37-17-5-8-28-21(27)19(17)26/h4-5,8-10,13-14,20,32H,6-7,11-12,15H2,1-3H3,(H2,27,28)/t20-,38-/m1/s1. The van der Waals surface area contributed by atoms with Gasteiger partial charge in [-0.25, -0.2) is 15.0 Å². The minimum Gasteiger partial charge on any atom is -0.598 e. The zero-order valence-electron chi connectivity index (χ0n) is 21.5. The van der Waals surface area contributed by atoms with Crippen molar-refractivity contribution in [2.45, 2.75) is 60.7 Å². The zero-order chi connectivity index (χ0) is 26.7. The number of halogens is 1. The Balaban J connectivity index is 1.24. The summed E-state index contributed by atoms with van der Waals surface area (Å²) in [5.74, 6) is 1.16. The first-order valence-corrected chi connectivity index (χ1v) is 14.9. The third-order valence-electron chi connectivity index (χ3n) is 7.42. The van der Waals surface area contributed by atoms with Crippen molar-refractivity contribution in [3.8, 4) is 0 Å². The van der Waals surface area contributed by atoms with Gasteiger partial charge in [-0.1, -0.05) is 23.4 Å². The Morgan fingerprint density at radius 1 is 1.13 bits per heavy atom. The molecule has 0 radical (unpaired) electrons. The summed E-state index contributed by atoms with van der Waals surface area (Å²) in [6.07, 6.45) is 10.9. The fraction of sp³-hybridized carbons (Fsp3) is 0.440. The number of fused-ring (bicyclic) bond motifs is 2. The van der Waals surface area contributed by atoms with E-state index in [1.54, 1.807) is 12.4 Å². The van der Waals surface area contributed by atoms with Gasteiger partial charge in [-0.3, -0.25) is 9.08 Å². The Morgan fingerprint density at radius 3 is 2.68 bits per heavy atom. The Hall–Kier alpha value is -2.51. The molecule has 4 aromatic heterocycles. The van der Waals surface area contributed by atoms with Gasteiger partial charge < -0.3 is 15.2 Å². The van der Waals surface area contributed by atoms with Crippen LogP contribution >= 0.6 is 23.4 Å². The van der Waals surface area contributed by atoms with Crippen molar-refractivity contribution < 1.29 is 4.55 Å². The van der Waals surface area contributed by atoms with Gasteiger partial charge in [0.25, 0.3) is 0 Å². The van der Waals surface area contributed by atoms with Crippen molar-refractivity contribution in [3.63, 3.8) is 0 Å². The summed E-state index contributed by atoms with van der Waals surface area (Å²) < 4.78 is 20.3. The van der Waals surface area contributed by atoms with Crippen molar-refractivity contribution >= 4 is 52.1 Å². The first-order chi connectivity index (χ1) is 18.2. The molecule has 2 aliphatic rings. The molecule has 0 amide bonds. The van der Waals surface area contributed by atoms with Gasteiger partial charge in [-0.05, 0) is 45.7 Å². The molecule has 2 aliphatic heterocycles. The van der Waals surface area contributed by atoms with Crippen molar-refractivity contribution in [2.24, 2.45) is 5.41 Å². The van der Waals surface area contributed by atoms with E-state index >= 15 is 0 Å². The number of nitrogens with two attached hydrogens (primary N) is 1. The monoisotopic (exact) mass is 571 g/mol. The molecule has 200 valence electrons. The molecule has 0 bridgehead atoms. The van der Waals surface area contributed by atoms with E-state index in [4.69, 9.17) is 22.3 Å². The van der Waals surface area contributed by atoms with Crippen LogP contribution < -0.4 is 15.4 Å². The van der Waals surface area contributed by atoms with Crippen molar-refractivity contribution in [1.82, 2.24) is 33.9 Å². The second kappa shape index (κ2) is 9.60. The summed E-state index contributed by atoms with van der Waals surface area (Å²) in [5, 5.41) is 4.98. The van der Waals surface area contributed by atoms with E-state index in [0.29, 0.717) is 10.8 Å². The molecule has 13 heteroatoms. The van der Waals surface area contributed by atoms with E-state index in [2.05, 4.69) is 29.4 Å². The van der Waals surface area contributed by atoms with Crippen LogP contribution in [0.2, 0.25) is 5.02 Å².